The number of nitrogens with one attached hydrogen (secondary N) is 1. The van der Waals surface area contributed by atoms with Crippen molar-refractivity contribution < 1.29 is 13.9 Å². The van der Waals surface area contributed by atoms with Gasteiger partial charge in [0.1, 0.15) is 17.3 Å². The fourth-order valence-electron chi connectivity index (χ4n) is 4.05. The first-order valence-corrected chi connectivity index (χ1v) is 11.8. The monoisotopic (exact) mass is 474 g/mol. The smallest absolute Gasteiger partial charge is 0.318 e. The van der Waals surface area contributed by atoms with E-state index in [4.69, 9.17) is 14.1 Å². The Bertz CT molecular complexity index is 1350. The van der Waals surface area contributed by atoms with Crippen molar-refractivity contribution in [2.24, 2.45) is 0 Å². The molecule has 0 aliphatic heterocycles. The van der Waals surface area contributed by atoms with Gasteiger partial charge in [0.25, 0.3) is 5.56 Å². The zero-order chi connectivity index (χ0) is 24.8. The van der Waals surface area contributed by atoms with Crippen LogP contribution in [0.3, 0.4) is 0 Å². The van der Waals surface area contributed by atoms with Crippen LogP contribution in [0.4, 0.5) is 4.79 Å². The summed E-state index contributed by atoms with van der Waals surface area (Å²) in [4.78, 5) is 33.6. The summed E-state index contributed by atoms with van der Waals surface area (Å²) in [6.45, 7) is 4.72. The minimum Gasteiger partial charge on any atom is -0.495 e. The number of unbranched alkanes of at least 4 members (excludes halogenated alkanes) is 1. The summed E-state index contributed by atoms with van der Waals surface area (Å²) < 4.78 is 12.6. The van der Waals surface area contributed by atoms with Crippen LogP contribution in [0.1, 0.15) is 44.3 Å². The van der Waals surface area contributed by atoms with E-state index in [1.807, 2.05) is 43.3 Å². The molecule has 0 aliphatic carbocycles. The fourth-order valence-corrected chi connectivity index (χ4v) is 4.05. The highest BCUT2D eigenvalue weighted by molar-refractivity contribution is 5.78. The van der Waals surface area contributed by atoms with Gasteiger partial charge in [-0.2, -0.15) is 0 Å². The number of fused-ring (bicyclic) bond motifs is 1. The molecule has 2 aromatic heterocycles. The average Bonchev–Trinajstić information content (AvgIpc) is 3.40. The van der Waals surface area contributed by atoms with E-state index in [-0.39, 0.29) is 18.1 Å². The van der Waals surface area contributed by atoms with Crippen molar-refractivity contribution in [3.05, 3.63) is 88.9 Å². The highest BCUT2D eigenvalue weighted by atomic mass is 16.5. The number of nitrogens with zero attached hydrogens (tertiary/aromatic N) is 3. The number of benzene rings is 2. The molecule has 2 aromatic carbocycles. The predicted octanol–water partition coefficient (Wildman–Crippen LogP) is 5.06. The van der Waals surface area contributed by atoms with E-state index in [9.17, 15) is 9.59 Å². The first-order chi connectivity index (χ1) is 17.0. The number of urea groups is 1. The third-order valence-electron chi connectivity index (χ3n) is 5.94. The SMILES string of the molecule is CCCCNC(=O)N(Cc1ccco1)C(C)c1nc2ccccc2c(=O)n1-c1ccccc1OC. The van der Waals surface area contributed by atoms with Crippen LogP contribution in [0.5, 0.6) is 5.75 Å². The number of carbonyl (C=O) groups is 1. The summed E-state index contributed by atoms with van der Waals surface area (Å²) in [5.74, 6) is 1.59. The van der Waals surface area contributed by atoms with Crippen molar-refractivity contribution in [2.75, 3.05) is 13.7 Å². The molecular formula is C27H30N4O4. The molecular weight excluding hydrogens is 444 g/mol. The molecule has 1 unspecified atom stereocenters. The highest BCUT2D eigenvalue weighted by Gasteiger charge is 2.28. The third kappa shape index (κ3) is 5.06. The van der Waals surface area contributed by atoms with E-state index in [1.165, 1.54) is 0 Å². The molecule has 2 heterocycles. The van der Waals surface area contributed by atoms with E-state index in [1.54, 1.807) is 47.1 Å². The lowest BCUT2D eigenvalue weighted by Crippen LogP contribution is -2.43. The normalized spacial score (nSPS) is 11.9. The van der Waals surface area contributed by atoms with Gasteiger partial charge in [0.05, 0.1) is 42.5 Å². The molecule has 0 radical (unpaired) electrons. The maximum Gasteiger partial charge on any atom is 0.318 e. The van der Waals surface area contributed by atoms with E-state index >= 15 is 0 Å². The van der Waals surface area contributed by atoms with Crippen molar-refractivity contribution in [2.45, 2.75) is 39.3 Å². The molecule has 8 nitrogen and oxygen atoms in total. The molecule has 0 bridgehead atoms. The topological polar surface area (TPSA) is 89.6 Å². The second kappa shape index (κ2) is 10.9. The zero-order valence-corrected chi connectivity index (χ0v) is 20.2. The van der Waals surface area contributed by atoms with Crippen LogP contribution < -0.4 is 15.6 Å². The van der Waals surface area contributed by atoms with Crippen LogP contribution in [0, 0.1) is 0 Å². The number of amides is 2. The number of rotatable bonds is 9. The van der Waals surface area contributed by atoms with Crippen molar-refractivity contribution in [1.82, 2.24) is 19.8 Å². The van der Waals surface area contributed by atoms with E-state index in [0.29, 0.717) is 40.5 Å². The second-order valence-electron chi connectivity index (χ2n) is 8.27. The highest BCUT2D eigenvalue weighted by Crippen LogP contribution is 2.28. The van der Waals surface area contributed by atoms with Crippen molar-refractivity contribution >= 4 is 16.9 Å². The number of furan rings is 1. The lowest BCUT2D eigenvalue weighted by Gasteiger charge is -2.30. The minimum atomic E-state index is -0.566. The Hall–Kier alpha value is -4.07. The number of aromatic nitrogens is 2. The number of hydrogen-bond acceptors (Lipinski definition) is 5. The molecule has 1 N–H and O–H groups in total. The number of methoxy groups -OCH3 is 1. The molecule has 0 fully saturated rings. The Balaban J connectivity index is 1.88. The average molecular weight is 475 g/mol. The van der Waals surface area contributed by atoms with Gasteiger partial charge in [-0.15, -0.1) is 0 Å². The van der Waals surface area contributed by atoms with Crippen LogP contribution >= 0.6 is 0 Å². The summed E-state index contributed by atoms with van der Waals surface area (Å²) in [7, 11) is 1.56. The Morgan fingerprint density at radius 2 is 1.91 bits per heavy atom. The van der Waals surface area contributed by atoms with E-state index < -0.39 is 6.04 Å². The van der Waals surface area contributed by atoms with Crippen LogP contribution in [0.15, 0.2) is 76.1 Å². The van der Waals surface area contributed by atoms with Crippen molar-refractivity contribution in [1.29, 1.82) is 0 Å². The Labute approximate surface area is 204 Å². The van der Waals surface area contributed by atoms with Gasteiger partial charge in [-0.3, -0.25) is 9.36 Å². The summed E-state index contributed by atoms with van der Waals surface area (Å²) in [6.07, 6.45) is 3.41. The van der Waals surface area contributed by atoms with Crippen LogP contribution in [-0.4, -0.2) is 34.1 Å². The van der Waals surface area contributed by atoms with Crippen LogP contribution in [-0.2, 0) is 6.54 Å². The second-order valence-corrected chi connectivity index (χ2v) is 8.27. The molecule has 182 valence electrons. The maximum absolute atomic E-state index is 13.8. The van der Waals surface area contributed by atoms with E-state index in [2.05, 4.69) is 12.2 Å². The molecule has 4 rings (SSSR count). The van der Waals surface area contributed by atoms with Gasteiger partial charge in [0.15, 0.2) is 0 Å². The first kappa shape index (κ1) is 24.1. The summed E-state index contributed by atoms with van der Waals surface area (Å²) in [6, 6.07) is 17.3. The number of hydrogen-bond donors (Lipinski definition) is 1. The molecule has 0 saturated carbocycles. The lowest BCUT2D eigenvalue weighted by molar-refractivity contribution is 0.165. The first-order valence-electron chi connectivity index (χ1n) is 11.8. The predicted molar refractivity (Wildman–Crippen MR) is 135 cm³/mol. The van der Waals surface area contributed by atoms with Gasteiger partial charge in [0, 0.05) is 6.54 Å². The minimum absolute atomic E-state index is 0.223. The molecule has 1 atom stereocenters. The number of ether oxygens (including phenoxy) is 1. The standard InChI is InChI=1S/C27H30N4O4/c1-4-5-16-28-27(33)30(18-20-11-10-17-35-20)19(2)25-29-22-13-7-6-12-21(22)26(32)31(25)23-14-8-9-15-24(23)34-3/h6-15,17,19H,4-5,16,18H2,1-3H3,(H,28,33). The molecule has 2 amide bonds. The van der Waals surface area contributed by atoms with Gasteiger partial charge < -0.3 is 19.4 Å². The van der Waals surface area contributed by atoms with Gasteiger partial charge in [0.2, 0.25) is 0 Å². The third-order valence-corrected chi connectivity index (χ3v) is 5.94. The molecule has 8 heteroatoms. The molecule has 0 spiro atoms. The van der Waals surface area contributed by atoms with Crippen molar-refractivity contribution in [3.63, 3.8) is 0 Å². The number of carbonyl (C=O) groups excluding carboxylic acids is 1. The Morgan fingerprint density at radius 3 is 2.66 bits per heavy atom. The Kier molecular flexibility index (Phi) is 7.50. The van der Waals surface area contributed by atoms with Gasteiger partial charge in [-0.1, -0.05) is 37.6 Å². The lowest BCUT2D eigenvalue weighted by atomic mass is 10.1. The maximum atomic E-state index is 13.8. The van der Waals surface area contributed by atoms with Gasteiger partial charge in [-0.05, 0) is 49.7 Å². The van der Waals surface area contributed by atoms with E-state index in [0.717, 1.165) is 12.8 Å². The zero-order valence-electron chi connectivity index (χ0n) is 20.2. The molecule has 35 heavy (non-hydrogen) atoms. The fraction of sp³-hybridized carbons (Fsp3) is 0.296. The van der Waals surface area contributed by atoms with Gasteiger partial charge in [-0.25, -0.2) is 9.78 Å². The molecule has 0 saturated heterocycles. The number of para-hydroxylation sites is 3. The summed E-state index contributed by atoms with van der Waals surface area (Å²) in [5, 5.41) is 3.47. The van der Waals surface area contributed by atoms with Crippen LogP contribution in [0.2, 0.25) is 0 Å². The van der Waals surface area contributed by atoms with Crippen LogP contribution in [0.25, 0.3) is 16.6 Å². The summed E-state index contributed by atoms with van der Waals surface area (Å²) in [5.41, 5.74) is 0.894. The largest absolute Gasteiger partial charge is 0.495 e. The molecule has 0 aliphatic rings. The van der Waals surface area contributed by atoms with Crippen molar-refractivity contribution in [3.8, 4) is 11.4 Å². The summed E-state index contributed by atoms with van der Waals surface area (Å²) >= 11 is 0. The Morgan fingerprint density at radius 1 is 1.14 bits per heavy atom. The van der Waals surface area contributed by atoms with Gasteiger partial charge >= 0.3 is 6.03 Å². The quantitative estimate of drug-likeness (QED) is 0.343. The molecule has 4 aromatic rings.